The van der Waals surface area contributed by atoms with Crippen molar-refractivity contribution >= 4 is 22.9 Å². The molecule has 9 heteroatoms. The average Bonchev–Trinajstić information content (AvgIpc) is 3.09. The van der Waals surface area contributed by atoms with Crippen LogP contribution in [0.2, 0.25) is 0 Å². The van der Waals surface area contributed by atoms with E-state index in [1.807, 2.05) is 59.3 Å². The van der Waals surface area contributed by atoms with Crippen molar-refractivity contribution in [1.82, 2.24) is 24.9 Å². The molecular formula is C25H25N7O2. The van der Waals surface area contributed by atoms with Crippen LogP contribution in [0.25, 0.3) is 33.8 Å². The molecule has 0 aliphatic carbocycles. The fraction of sp³-hybridized carbons (Fsp3) is 0.200. The van der Waals surface area contributed by atoms with Crippen molar-refractivity contribution in [3.05, 3.63) is 73.4 Å². The van der Waals surface area contributed by atoms with Gasteiger partial charge in [-0.3, -0.25) is 4.79 Å². The molecule has 34 heavy (non-hydrogen) atoms. The smallest absolute Gasteiger partial charge is 0.243 e. The van der Waals surface area contributed by atoms with Gasteiger partial charge < -0.3 is 20.8 Å². The molecule has 1 aromatic carbocycles. The third kappa shape index (κ3) is 4.20. The van der Waals surface area contributed by atoms with Crippen LogP contribution in [0, 0.1) is 0 Å². The summed E-state index contributed by atoms with van der Waals surface area (Å²) in [4.78, 5) is 26.1. The molecule has 3 N–H and O–H groups in total. The number of hydrogen-bond acceptors (Lipinski definition) is 7. The summed E-state index contributed by atoms with van der Waals surface area (Å²) in [7, 11) is 0. The molecule has 1 amide bonds. The summed E-state index contributed by atoms with van der Waals surface area (Å²) < 4.78 is 7.74. The first-order valence-electron chi connectivity index (χ1n) is 11.1. The van der Waals surface area contributed by atoms with E-state index >= 15 is 0 Å². The van der Waals surface area contributed by atoms with Gasteiger partial charge in [-0.15, -0.1) is 0 Å². The topological polar surface area (TPSA) is 111 Å². The Bertz CT molecular complexity index is 1340. The van der Waals surface area contributed by atoms with Crippen LogP contribution in [0.4, 0.5) is 5.82 Å². The number of carbonyl (C=O) groups excluding carboxylic acids is 1. The number of ether oxygens (including phenoxy) is 1. The van der Waals surface area contributed by atoms with Crippen molar-refractivity contribution < 1.29 is 9.53 Å². The molecule has 172 valence electrons. The van der Waals surface area contributed by atoms with E-state index < -0.39 is 0 Å². The number of nitrogens with one attached hydrogen (secondary N) is 1. The highest BCUT2D eigenvalue weighted by Gasteiger charge is 2.26. The van der Waals surface area contributed by atoms with E-state index in [2.05, 4.69) is 21.9 Å². The molecule has 1 saturated heterocycles. The van der Waals surface area contributed by atoms with Crippen LogP contribution in [0.15, 0.2) is 73.4 Å². The Kier molecular flexibility index (Phi) is 5.92. The van der Waals surface area contributed by atoms with Gasteiger partial charge in [-0.05, 0) is 30.3 Å². The van der Waals surface area contributed by atoms with E-state index in [4.69, 9.17) is 20.4 Å². The lowest BCUT2D eigenvalue weighted by molar-refractivity contribution is -0.117. The molecule has 0 bridgehead atoms. The van der Waals surface area contributed by atoms with Gasteiger partial charge in [-0.1, -0.05) is 36.9 Å². The number of rotatable bonds is 5. The number of pyridine rings is 2. The zero-order valence-corrected chi connectivity index (χ0v) is 18.6. The number of anilines is 1. The van der Waals surface area contributed by atoms with Gasteiger partial charge in [0.25, 0.3) is 0 Å². The predicted molar refractivity (Wildman–Crippen MR) is 132 cm³/mol. The molecule has 1 unspecified atom stereocenters. The van der Waals surface area contributed by atoms with Gasteiger partial charge in [0.1, 0.15) is 11.3 Å². The number of nitrogens with two attached hydrogens (primary N) is 1. The number of hydrogen-bond donors (Lipinski definition) is 2. The van der Waals surface area contributed by atoms with Gasteiger partial charge in [0.15, 0.2) is 11.5 Å². The number of nitrogens with zero attached hydrogens (tertiary/aromatic N) is 5. The van der Waals surface area contributed by atoms with Crippen LogP contribution >= 0.6 is 0 Å². The van der Waals surface area contributed by atoms with Gasteiger partial charge >= 0.3 is 0 Å². The number of aromatic nitrogens is 4. The highest BCUT2D eigenvalue weighted by molar-refractivity contribution is 5.87. The lowest BCUT2D eigenvalue weighted by Crippen LogP contribution is -2.48. The van der Waals surface area contributed by atoms with E-state index in [0.29, 0.717) is 49.2 Å². The summed E-state index contributed by atoms with van der Waals surface area (Å²) in [5.74, 6) is 0.770. The maximum absolute atomic E-state index is 12.0. The van der Waals surface area contributed by atoms with Crippen molar-refractivity contribution in [3.8, 4) is 22.6 Å². The molecule has 0 radical (unpaired) electrons. The number of fused-ring (bicyclic) bond motifs is 1. The summed E-state index contributed by atoms with van der Waals surface area (Å²) in [6.07, 6.45) is 2.91. The van der Waals surface area contributed by atoms with E-state index in [0.717, 1.165) is 16.8 Å². The first kappa shape index (κ1) is 21.6. The van der Waals surface area contributed by atoms with E-state index in [-0.39, 0.29) is 11.9 Å². The Balaban J connectivity index is 1.66. The van der Waals surface area contributed by atoms with Crippen molar-refractivity contribution in [3.63, 3.8) is 0 Å². The van der Waals surface area contributed by atoms with E-state index in [1.165, 1.54) is 6.08 Å². The molecule has 3 aromatic heterocycles. The number of carbonyl (C=O) groups is 1. The first-order valence-corrected chi connectivity index (χ1v) is 11.1. The second-order valence-electron chi connectivity index (χ2n) is 7.99. The second-order valence-corrected chi connectivity index (χ2v) is 7.99. The number of amides is 1. The highest BCUT2D eigenvalue weighted by Crippen LogP contribution is 2.29. The molecule has 1 aliphatic heterocycles. The largest absolute Gasteiger partial charge is 0.383 e. The predicted octanol–water partition coefficient (Wildman–Crippen LogP) is 2.38. The standard InChI is InChI=1S/C25H25N7O2/c1-2-22(33)28-18-15-31(13-14-34-16-18)32-24(19-9-6-12-27-23(19)26)30-21-11-10-20(29-25(21)32)17-7-4-3-5-8-17/h2-12,18H,1,13-16H2,(H2,26,27)(H,28,33). The van der Waals surface area contributed by atoms with Gasteiger partial charge in [0.05, 0.1) is 43.6 Å². The Labute approximate surface area is 196 Å². The normalized spacial score (nSPS) is 16.2. The Morgan fingerprint density at radius 3 is 2.79 bits per heavy atom. The van der Waals surface area contributed by atoms with Crippen molar-refractivity contribution in [1.29, 1.82) is 0 Å². The van der Waals surface area contributed by atoms with Gasteiger partial charge in [0, 0.05) is 11.8 Å². The molecule has 0 spiro atoms. The summed E-state index contributed by atoms with van der Waals surface area (Å²) in [6, 6.07) is 17.4. The molecule has 9 nitrogen and oxygen atoms in total. The summed E-state index contributed by atoms with van der Waals surface area (Å²) >= 11 is 0. The molecule has 4 heterocycles. The van der Waals surface area contributed by atoms with Crippen LogP contribution in [0.3, 0.4) is 0 Å². The molecular weight excluding hydrogens is 430 g/mol. The van der Waals surface area contributed by atoms with Crippen molar-refractivity contribution in [2.75, 3.05) is 37.0 Å². The summed E-state index contributed by atoms with van der Waals surface area (Å²) in [6.45, 7) is 5.51. The van der Waals surface area contributed by atoms with Crippen LogP contribution in [-0.4, -0.2) is 57.9 Å². The number of nitrogen functional groups attached to an aromatic ring is 1. The zero-order chi connectivity index (χ0) is 23.5. The minimum atomic E-state index is -0.243. The SMILES string of the molecule is C=CC(=O)NC1COCCN(n2c(-c3cccnc3N)nc3ccc(-c4ccccc4)nc32)C1. The third-order valence-corrected chi connectivity index (χ3v) is 5.69. The highest BCUT2D eigenvalue weighted by atomic mass is 16.5. The van der Waals surface area contributed by atoms with Gasteiger partial charge in [0.2, 0.25) is 5.91 Å². The fourth-order valence-electron chi connectivity index (χ4n) is 4.09. The molecule has 0 saturated carbocycles. The average molecular weight is 456 g/mol. The molecule has 1 fully saturated rings. The molecule has 5 rings (SSSR count). The lowest BCUT2D eigenvalue weighted by atomic mass is 10.1. The third-order valence-electron chi connectivity index (χ3n) is 5.69. The Morgan fingerprint density at radius 1 is 1.15 bits per heavy atom. The molecule has 1 aliphatic rings. The Morgan fingerprint density at radius 2 is 2.00 bits per heavy atom. The van der Waals surface area contributed by atoms with Crippen LogP contribution in [-0.2, 0) is 9.53 Å². The second kappa shape index (κ2) is 9.32. The van der Waals surface area contributed by atoms with Crippen molar-refractivity contribution in [2.45, 2.75) is 6.04 Å². The number of benzene rings is 1. The fourth-order valence-corrected chi connectivity index (χ4v) is 4.09. The van der Waals surface area contributed by atoms with E-state index in [9.17, 15) is 4.79 Å². The summed E-state index contributed by atoms with van der Waals surface area (Å²) in [5, 5.41) is 5.02. The molecule has 4 aromatic rings. The quantitative estimate of drug-likeness (QED) is 0.445. The van der Waals surface area contributed by atoms with E-state index in [1.54, 1.807) is 6.20 Å². The zero-order valence-electron chi connectivity index (χ0n) is 18.6. The monoisotopic (exact) mass is 455 g/mol. The Hall–Kier alpha value is -4.24. The summed E-state index contributed by atoms with van der Waals surface area (Å²) in [5.41, 5.74) is 10.2. The molecule has 1 atom stereocenters. The van der Waals surface area contributed by atoms with Gasteiger partial charge in [-0.25, -0.2) is 19.6 Å². The number of imidazole rings is 1. The first-order chi connectivity index (χ1) is 16.6. The minimum Gasteiger partial charge on any atom is -0.383 e. The minimum absolute atomic E-state index is 0.234. The van der Waals surface area contributed by atoms with Crippen LogP contribution in [0.1, 0.15) is 0 Å². The van der Waals surface area contributed by atoms with Crippen LogP contribution in [0.5, 0.6) is 0 Å². The maximum atomic E-state index is 12.0. The van der Waals surface area contributed by atoms with Crippen LogP contribution < -0.4 is 16.1 Å². The maximum Gasteiger partial charge on any atom is 0.243 e. The van der Waals surface area contributed by atoms with Crippen molar-refractivity contribution in [2.24, 2.45) is 0 Å². The van der Waals surface area contributed by atoms with Gasteiger partial charge in [-0.2, -0.15) is 0 Å². The lowest BCUT2D eigenvalue weighted by Gasteiger charge is -2.28.